The fraction of sp³-hybridized carbons (Fsp3) is 0.391. The van der Waals surface area contributed by atoms with E-state index in [1.807, 2.05) is 49.4 Å². The van der Waals surface area contributed by atoms with Crippen LogP contribution in [0.3, 0.4) is 0 Å². The number of amides is 1. The van der Waals surface area contributed by atoms with Gasteiger partial charge in [-0.15, -0.1) is 0 Å². The third-order valence-electron chi connectivity index (χ3n) is 5.59. The Bertz CT molecular complexity index is 836. The number of methoxy groups -OCH3 is 1. The molecule has 1 N–H and O–H groups in total. The number of hydrogen-bond donors (Lipinski definition) is 1. The molecule has 2 unspecified atom stereocenters. The van der Waals surface area contributed by atoms with Crippen molar-refractivity contribution in [3.05, 3.63) is 71.3 Å². The van der Waals surface area contributed by atoms with Gasteiger partial charge in [0, 0.05) is 19.6 Å². The molecule has 2 aromatic carbocycles. The number of rotatable bonds is 7. The molecule has 0 aliphatic carbocycles. The Morgan fingerprint density at radius 3 is 2.48 bits per heavy atom. The zero-order valence-corrected chi connectivity index (χ0v) is 16.8. The quantitative estimate of drug-likeness (QED) is 0.714. The van der Waals surface area contributed by atoms with Gasteiger partial charge < -0.3 is 19.5 Å². The second-order valence-corrected chi connectivity index (χ2v) is 7.29. The van der Waals surface area contributed by atoms with Crippen LogP contribution < -0.4 is 0 Å². The Balaban J connectivity index is 1.77. The van der Waals surface area contributed by atoms with E-state index in [2.05, 4.69) is 0 Å². The summed E-state index contributed by atoms with van der Waals surface area (Å²) in [5.74, 6) is -0.391. The van der Waals surface area contributed by atoms with E-state index < -0.39 is 11.6 Å². The lowest BCUT2D eigenvalue weighted by Crippen LogP contribution is -2.48. The van der Waals surface area contributed by atoms with Crippen LogP contribution in [0.15, 0.2) is 54.6 Å². The predicted octanol–water partition coefficient (Wildman–Crippen LogP) is 4.04. The maximum Gasteiger partial charge on any atom is 0.411 e. The summed E-state index contributed by atoms with van der Waals surface area (Å²) in [6.45, 7) is 2.54. The number of carbonyl (C=O) groups excluding carboxylic acids is 2. The highest BCUT2D eigenvalue weighted by atomic mass is 16.6. The first-order chi connectivity index (χ1) is 14.0. The van der Waals surface area contributed by atoms with Crippen molar-refractivity contribution in [1.29, 1.82) is 0 Å². The Labute approximate surface area is 171 Å². The molecule has 1 heterocycles. The number of aliphatic hydroxyl groups excluding tert-OH is 1. The molecule has 0 saturated carbocycles. The smallest absolute Gasteiger partial charge is 0.411 e. The first-order valence-electron chi connectivity index (χ1n) is 9.85. The summed E-state index contributed by atoms with van der Waals surface area (Å²) in [5, 5.41) is 9.31. The fourth-order valence-electron chi connectivity index (χ4n) is 3.85. The van der Waals surface area contributed by atoms with Crippen molar-refractivity contribution in [2.45, 2.75) is 37.8 Å². The molecule has 3 rings (SSSR count). The van der Waals surface area contributed by atoms with Crippen LogP contribution in [0.2, 0.25) is 0 Å². The van der Waals surface area contributed by atoms with E-state index in [0.29, 0.717) is 31.4 Å². The Morgan fingerprint density at radius 2 is 1.90 bits per heavy atom. The van der Waals surface area contributed by atoms with E-state index in [0.717, 1.165) is 11.1 Å². The minimum atomic E-state index is -0.716. The monoisotopic (exact) mass is 397 g/mol. The summed E-state index contributed by atoms with van der Waals surface area (Å²) >= 11 is 0. The van der Waals surface area contributed by atoms with Gasteiger partial charge in [-0.2, -0.15) is 0 Å². The number of esters is 1. The fourth-order valence-corrected chi connectivity index (χ4v) is 3.85. The van der Waals surface area contributed by atoms with Gasteiger partial charge in [-0.3, -0.25) is 0 Å². The van der Waals surface area contributed by atoms with Crippen LogP contribution in [0, 0.1) is 0 Å². The molecule has 29 heavy (non-hydrogen) atoms. The number of benzene rings is 2. The highest BCUT2D eigenvalue weighted by Crippen LogP contribution is 2.40. The topological polar surface area (TPSA) is 76.1 Å². The van der Waals surface area contributed by atoms with E-state index in [-0.39, 0.29) is 18.7 Å². The molecule has 0 spiro atoms. The minimum Gasteiger partial charge on any atom is -0.465 e. The first kappa shape index (κ1) is 20.9. The van der Waals surface area contributed by atoms with Gasteiger partial charge in [-0.05, 0) is 43.0 Å². The van der Waals surface area contributed by atoms with Crippen molar-refractivity contribution < 1.29 is 24.2 Å². The Hall–Kier alpha value is -2.86. The number of carbonyl (C=O) groups is 2. The van der Waals surface area contributed by atoms with Crippen molar-refractivity contribution in [3.8, 4) is 0 Å². The molecule has 6 nitrogen and oxygen atoms in total. The number of aliphatic hydroxyl groups is 1. The SMILES string of the molecule is COC(=O)c1ccc(C(C)N2CCC(CCCO)(c3ccccc3)OC2=O)cc1. The van der Waals surface area contributed by atoms with Crippen molar-refractivity contribution in [3.63, 3.8) is 0 Å². The molecule has 1 aliphatic rings. The highest BCUT2D eigenvalue weighted by molar-refractivity contribution is 5.89. The lowest BCUT2D eigenvalue weighted by Gasteiger charge is -2.43. The van der Waals surface area contributed by atoms with Crippen molar-refractivity contribution in [2.24, 2.45) is 0 Å². The molecular formula is C23H27NO5. The maximum absolute atomic E-state index is 12.9. The van der Waals surface area contributed by atoms with Gasteiger partial charge in [0.15, 0.2) is 0 Å². The molecule has 1 amide bonds. The van der Waals surface area contributed by atoms with Gasteiger partial charge in [-0.25, -0.2) is 9.59 Å². The second-order valence-electron chi connectivity index (χ2n) is 7.29. The average Bonchev–Trinajstić information content (AvgIpc) is 2.77. The van der Waals surface area contributed by atoms with Crippen molar-refractivity contribution in [1.82, 2.24) is 4.90 Å². The lowest BCUT2D eigenvalue weighted by molar-refractivity contribution is -0.0680. The van der Waals surface area contributed by atoms with Gasteiger partial charge in [-0.1, -0.05) is 42.5 Å². The van der Waals surface area contributed by atoms with Crippen LogP contribution in [0.5, 0.6) is 0 Å². The zero-order valence-electron chi connectivity index (χ0n) is 16.8. The number of cyclic esters (lactones) is 1. The molecule has 0 radical (unpaired) electrons. The Kier molecular flexibility index (Phi) is 6.54. The van der Waals surface area contributed by atoms with Gasteiger partial charge in [0.25, 0.3) is 0 Å². The zero-order chi connectivity index (χ0) is 20.9. The van der Waals surface area contributed by atoms with Crippen LogP contribution in [0.25, 0.3) is 0 Å². The number of nitrogens with zero attached hydrogens (tertiary/aromatic N) is 1. The van der Waals surface area contributed by atoms with Crippen molar-refractivity contribution >= 4 is 12.1 Å². The number of hydrogen-bond acceptors (Lipinski definition) is 5. The van der Waals surface area contributed by atoms with Crippen molar-refractivity contribution in [2.75, 3.05) is 20.3 Å². The van der Waals surface area contributed by atoms with E-state index in [1.165, 1.54) is 7.11 Å². The standard InChI is InChI=1S/C23H27NO5/c1-17(18-9-11-19(12-10-18)21(26)28-2)24-15-14-23(13-6-16-25,29-22(24)27)20-7-4-3-5-8-20/h3-5,7-12,17,25H,6,13-16H2,1-2H3. The van der Waals surface area contributed by atoms with E-state index in [9.17, 15) is 14.7 Å². The van der Waals surface area contributed by atoms with Gasteiger partial charge in [0.1, 0.15) is 5.60 Å². The molecular weight excluding hydrogens is 370 g/mol. The van der Waals surface area contributed by atoms with E-state index >= 15 is 0 Å². The molecule has 2 atom stereocenters. The third kappa shape index (κ3) is 4.43. The maximum atomic E-state index is 12.9. The molecule has 1 saturated heterocycles. The van der Waals surface area contributed by atoms with Gasteiger partial charge >= 0.3 is 12.1 Å². The van der Waals surface area contributed by atoms with E-state index in [1.54, 1.807) is 17.0 Å². The van der Waals surface area contributed by atoms with Crippen LogP contribution in [-0.4, -0.2) is 42.3 Å². The molecule has 1 aliphatic heterocycles. The molecule has 154 valence electrons. The molecule has 2 aromatic rings. The molecule has 0 aromatic heterocycles. The summed E-state index contributed by atoms with van der Waals surface area (Å²) in [7, 11) is 1.35. The summed E-state index contributed by atoms with van der Waals surface area (Å²) in [6.07, 6.45) is 1.41. The predicted molar refractivity (Wildman–Crippen MR) is 108 cm³/mol. The Morgan fingerprint density at radius 1 is 1.21 bits per heavy atom. The highest BCUT2D eigenvalue weighted by Gasteiger charge is 2.43. The molecule has 0 bridgehead atoms. The summed E-state index contributed by atoms with van der Waals surface area (Å²) in [4.78, 5) is 26.3. The summed E-state index contributed by atoms with van der Waals surface area (Å²) in [5.41, 5.74) is 1.62. The second kappa shape index (κ2) is 9.09. The number of ether oxygens (including phenoxy) is 2. The third-order valence-corrected chi connectivity index (χ3v) is 5.59. The average molecular weight is 397 g/mol. The minimum absolute atomic E-state index is 0.0544. The largest absolute Gasteiger partial charge is 0.465 e. The first-order valence-corrected chi connectivity index (χ1v) is 9.85. The van der Waals surface area contributed by atoms with Gasteiger partial charge in [0.2, 0.25) is 0 Å². The molecule has 6 heteroatoms. The van der Waals surface area contributed by atoms with Crippen LogP contribution in [-0.2, 0) is 15.1 Å². The lowest BCUT2D eigenvalue weighted by atomic mass is 9.84. The summed E-state index contributed by atoms with van der Waals surface area (Å²) < 4.78 is 10.7. The van der Waals surface area contributed by atoms with E-state index in [4.69, 9.17) is 9.47 Å². The van der Waals surface area contributed by atoms with Crippen LogP contribution >= 0.6 is 0 Å². The van der Waals surface area contributed by atoms with Crippen LogP contribution in [0.4, 0.5) is 4.79 Å². The summed E-state index contributed by atoms with van der Waals surface area (Å²) in [6, 6.07) is 16.6. The van der Waals surface area contributed by atoms with Gasteiger partial charge in [0.05, 0.1) is 18.7 Å². The normalized spacial score (nSPS) is 20.1. The van der Waals surface area contributed by atoms with Crippen LogP contribution in [0.1, 0.15) is 53.7 Å². The molecule has 1 fully saturated rings.